The van der Waals surface area contributed by atoms with Gasteiger partial charge in [-0.2, -0.15) is 0 Å². The minimum Gasteiger partial charge on any atom is -0.444 e. The van der Waals surface area contributed by atoms with Gasteiger partial charge in [-0.3, -0.25) is 0 Å². The second kappa shape index (κ2) is 6.38. The summed E-state index contributed by atoms with van der Waals surface area (Å²) in [7, 11) is 0. The average Bonchev–Trinajstić information content (AvgIpc) is 3.10. The van der Waals surface area contributed by atoms with Crippen molar-refractivity contribution in [2.45, 2.75) is 84.9 Å². The van der Waals surface area contributed by atoms with Crippen LogP contribution in [0, 0.1) is 17.3 Å². The molecule has 2 fully saturated rings. The molecule has 0 saturated heterocycles. The first-order valence-electron chi connectivity index (χ1n) is 8.79. The Morgan fingerprint density at radius 3 is 2.36 bits per heavy atom. The molecule has 2 aliphatic rings. The molecule has 2 rings (SSSR count). The zero-order chi connectivity index (χ0) is 16.5. The van der Waals surface area contributed by atoms with Crippen molar-refractivity contribution in [3.05, 3.63) is 0 Å². The molecule has 1 amide bonds. The molecule has 2 aliphatic carbocycles. The first kappa shape index (κ1) is 17.6. The SMILES string of the molecule is CC1CC(C)(C)CC1NC(CNC(=O)OC(C)(C)C)C1CC1. The van der Waals surface area contributed by atoms with Crippen molar-refractivity contribution < 1.29 is 9.53 Å². The van der Waals surface area contributed by atoms with Crippen molar-refractivity contribution >= 4 is 6.09 Å². The van der Waals surface area contributed by atoms with Crippen molar-refractivity contribution in [2.75, 3.05) is 6.54 Å². The van der Waals surface area contributed by atoms with Crippen LogP contribution in [-0.4, -0.2) is 30.3 Å². The molecule has 0 aromatic rings. The van der Waals surface area contributed by atoms with Crippen LogP contribution in [0.3, 0.4) is 0 Å². The Hall–Kier alpha value is -0.770. The number of hydrogen-bond donors (Lipinski definition) is 2. The van der Waals surface area contributed by atoms with Crippen molar-refractivity contribution in [3.63, 3.8) is 0 Å². The van der Waals surface area contributed by atoms with E-state index >= 15 is 0 Å². The molecule has 0 bridgehead atoms. The summed E-state index contributed by atoms with van der Waals surface area (Å²) in [5.74, 6) is 1.42. The van der Waals surface area contributed by atoms with Gasteiger partial charge in [-0.15, -0.1) is 0 Å². The van der Waals surface area contributed by atoms with Crippen LogP contribution in [0.25, 0.3) is 0 Å². The summed E-state index contributed by atoms with van der Waals surface area (Å²) < 4.78 is 5.33. The summed E-state index contributed by atoms with van der Waals surface area (Å²) in [6, 6.07) is 0.954. The Labute approximate surface area is 135 Å². The molecule has 0 aromatic heterocycles. The van der Waals surface area contributed by atoms with Gasteiger partial charge in [0.25, 0.3) is 0 Å². The third kappa shape index (κ3) is 5.45. The van der Waals surface area contributed by atoms with Gasteiger partial charge in [0, 0.05) is 18.6 Å². The van der Waals surface area contributed by atoms with Crippen molar-refractivity contribution in [1.82, 2.24) is 10.6 Å². The van der Waals surface area contributed by atoms with Gasteiger partial charge in [0.05, 0.1) is 0 Å². The lowest BCUT2D eigenvalue weighted by Gasteiger charge is -2.27. The van der Waals surface area contributed by atoms with Crippen molar-refractivity contribution in [1.29, 1.82) is 0 Å². The van der Waals surface area contributed by atoms with Crippen LogP contribution in [-0.2, 0) is 4.74 Å². The Morgan fingerprint density at radius 2 is 1.91 bits per heavy atom. The molecule has 3 atom stereocenters. The Balaban J connectivity index is 1.82. The largest absolute Gasteiger partial charge is 0.444 e. The standard InChI is InChI=1S/C18H34N2O2/c1-12-9-18(5,6)10-14(12)20-15(13-7-8-13)11-19-16(21)22-17(2,3)4/h12-15,20H,7-11H2,1-6H3,(H,19,21). The smallest absolute Gasteiger partial charge is 0.407 e. The molecule has 2 saturated carbocycles. The van der Waals surface area contributed by atoms with Gasteiger partial charge >= 0.3 is 6.09 Å². The summed E-state index contributed by atoms with van der Waals surface area (Å²) in [5, 5.41) is 6.78. The van der Waals surface area contributed by atoms with Crippen LogP contribution < -0.4 is 10.6 Å². The Bertz CT molecular complexity index is 396. The molecule has 3 unspecified atom stereocenters. The Morgan fingerprint density at radius 1 is 1.27 bits per heavy atom. The third-order valence-electron chi connectivity index (χ3n) is 4.82. The fourth-order valence-electron chi connectivity index (χ4n) is 3.76. The van der Waals surface area contributed by atoms with E-state index in [2.05, 4.69) is 31.4 Å². The highest BCUT2D eigenvalue weighted by Crippen LogP contribution is 2.42. The van der Waals surface area contributed by atoms with Gasteiger partial charge in [0.15, 0.2) is 0 Å². The van der Waals surface area contributed by atoms with E-state index in [1.807, 2.05) is 20.8 Å². The molecule has 0 aliphatic heterocycles. The number of carbonyl (C=O) groups excluding carboxylic acids is 1. The number of amides is 1. The molecule has 128 valence electrons. The van der Waals surface area contributed by atoms with Gasteiger partial charge in [-0.25, -0.2) is 4.79 Å². The molecule has 2 N–H and O–H groups in total. The van der Waals surface area contributed by atoms with E-state index in [0.717, 1.165) is 0 Å². The molecule has 0 heterocycles. The van der Waals surface area contributed by atoms with Crippen LogP contribution in [0.4, 0.5) is 4.79 Å². The monoisotopic (exact) mass is 310 g/mol. The highest BCUT2D eigenvalue weighted by Gasteiger charge is 2.40. The number of ether oxygens (including phenoxy) is 1. The van der Waals surface area contributed by atoms with E-state index in [1.54, 1.807) is 0 Å². The van der Waals surface area contributed by atoms with Crippen LogP contribution in [0.15, 0.2) is 0 Å². The maximum absolute atomic E-state index is 11.8. The quantitative estimate of drug-likeness (QED) is 0.814. The maximum atomic E-state index is 11.8. The van der Waals surface area contributed by atoms with E-state index in [1.165, 1.54) is 25.7 Å². The van der Waals surface area contributed by atoms with Gasteiger partial charge < -0.3 is 15.4 Å². The molecule has 4 nitrogen and oxygen atoms in total. The Kier molecular flexibility index (Phi) is 5.10. The lowest BCUT2D eigenvalue weighted by molar-refractivity contribution is 0.0519. The predicted molar refractivity (Wildman–Crippen MR) is 89.9 cm³/mol. The number of carbonyl (C=O) groups is 1. The molecule has 0 aromatic carbocycles. The zero-order valence-corrected chi connectivity index (χ0v) is 15.2. The van der Waals surface area contributed by atoms with E-state index in [9.17, 15) is 4.79 Å². The number of hydrogen-bond acceptors (Lipinski definition) is 3. The van der Waals surface area contributed by atoms with Crippen molar-refractivity contribution in [3.8, 4) is 0 Å². The van der Waals surface area contributed by atoms with Crippen LogP contribution in [0.2, 0.25) is 0 Å². The van der Waals surface area contributed by atoms with Crippen LogP contribution >= 0.6 is 0 Å². The second-order valence-corrected chi connectivity index (χ2v) is 9.15. The number of alkyl carbamates (subject to hydrolysis) is 1. The number of rotatable bonds is 5. The number of nitrogens with one attached hydrogen (secondary N) is 2. The van der Waals surface area contributed by atoms with E-state index in [4.69, 9.17) is 4.74 Å². The molecular formula is C18H34N2O2. The first-order chi connectivity index (χ1) is 10.1. The molecular weight excluding hydrogens is 276 g/mol. The summed E-state index contributed by atoms with van der Waals surface area (Å²) in [6.07, 6.45) is 4.75. The lowest BCUT2D eigenvalue weighted by Crippen LogP contribution is -2.48. The highest BCUT2D eigenvalue weighted by molar-refractivity contribution is 5.67. The summed E-state index contributed by atoms with van der Waals surface area (Å²) in [5.41, 5.74) is 0.000355. The van der Waals surface area contributed by atoms with E-state index in [0.29, 0.717) is 35.9 Å². The van der Waals surface area contributed by atoms with Gasteiger partial charge in [0.2, 0.25) is 0 Å². The summed E-state index contributed by atoms with van der Waals surface area (Å²) in [6.45, 7) is 13.4. The van der Waals surface area contributed by atoms with Gasteiger partial charge in [-0.1, -0.05) is 20.8 Å². The third-order valence-corrected chi connectivity index (χ3v) is 4.82. The first-order valence-corrected chi connectivity index (χ1v) is 8.79. The molecule has 4 heteroatoms. The second-order valence-electron chi connectivity index (χ2n) is 9.15. The fourth-order valence-corrected chi connectivity index (χ4v) is 3.76. The topological polar surface area (TPSA) is 50.4 Å². The normalized spacial score (nSPS) is 29.2. The fraction of sp³-hybridized carbons (Fsp3) is 0.944. The lowest BCUT2D eigenvalue weighted by atomic mass is 9.91. The maximum Gasteiger partial charge on any atom is 0.407 e. The molecule has 22 heavy (non-hydrogen) atoms. The average molecular weight is 310 g/mol. The van der Waals surface area contributed by atoms with Crippen molar-refractivity contribution in [2.24, 2.45) is 17.3 Å². The van der Waals surface area contributed by atoms with Gasteiger partial charge in [-0.05, 0) is 63.7 Å². The molecule has 0 radical (unpaired) electrons. The zero-order valence-electron chi connectivity index (χ0n) is 15.2. The van der Waals surface area contributed by atoms with Crippen LogP contribution in [0.5, 0.6) is 0 Å². The van der Waals surface area contributed by atoms with E-state index < -0.39 is 5.60 Å². The summed E-state index contributed by atoms with van der Waals surface area (Å²) in [4.78, 5) is 11.8. The minimum atomic E-state index is -0.434. The predicted octanol–water partition coefficient (Wildman–Crippen LogP) is 3.70. The highest BCUT2D eigenvalue weighted by atomic mass is 16.6. The molecule has 0 spiro atoms. The van der Waals surface area contributed by atoms with Gasteiger partial charge in [0.1, 0.15) is 5.60 Å². The summed E-state index contributed by atoms with van der Waals surface area (Å²) >= 11 is 0. The van der Waals surface area contributed by atoms with E-state index in [-0.39, 0.29) is 6.09 Å². The van der Waals surface area contributed by atoms with Crippen LogP contribution in [0.1, 0.15) is 67.2 Å². The minimum absolute atomic E-state index is 0.306.